The lowest BCUT2D eigenvalue weighted by Gasteiger charge is -2.31. The Kier molecular flexibility index (Phi) is 10.7. The first-order chi connectivity index (χ1) is 18.1. The minimum Gasteiger partial charge on any atom is -0.378 e. The molecule has 0 unspecified atom stereocenters. The summed E-state index contributed by atoms with van der Waals surface area (Å²) in [6.45, 7) is 8.03. The monoisotopic (exact) mass is 537 g/mol. The van der Waals surface area contributed by atoms with Crippen molar-refractivity contribution in [3.63, 3.8) is 0 Å². The number of morpholine rings is 1. The molecule has 1 saturated heterocycles. The smallest absolute Gasteiger partial charge is 0.378 e. The fraction of sp³-hybridized carbons (Fsp3) is 0.500. The average Bonchev–Trinajstić information content (AvgIpc) is 3.70. The number of alkyl halides is 3. The standard InChI is InChI=1S/C28H35F4N3O3/c1-3-22(29)12-7-19(2)23-18-25(23)33-13-5-4-6-24(27(37)35-14-16-38-17-15-35)34-26(36)20-8-10-21(11-9-20)28(30,31)32/h3,7-12,23-25,33H,2,4-6,13-18H2,1H3,(H,34,36)/b12-7-,22-3+/t23-,24+,25+/m1/s1. The third kappa shape index (κ3) is 8.80. The molecule has 0 spiro atoms. The van der Waals surface area contributed by atoms with E-state index in [0.717, 1.165) is 42.7 Å². The van der Waals surface area contributed by atoms with Gasteiger partial charge in [-0.3, -0.25) is 9.59 Å². The number of hydrogen-bond acceptors (Lipinski definition) is 4. The molecule has 1 aliphatic carbocycles. The highest BCUT2D eigenvalue weighted by molar-refractivity contribution is 5.97. The van der Waals surface area contributed by atoms with E-state index in [2.05, 4.69) is 17.2 Å². The molecule has 2 aliphatic rings. The Morgan fingerprint density at radius 3 is 2.47 bits per heavy atom. The summed E-state index contributed by atoms with van der Waals surface area (Å²) in [5, 5.41) is 6.17. The first-order valence-electron chi connectivity index (χ1n) is 12.9. The van der Waals surface area contributed by atoms with Gasteiger partial charge in [-0.05, 0) is 69.5 Å². The number of nitrogens with one attached hydrogen (secondary N) is 2. The van der Waals surface area contributed by atoms with Crippen molar-refractivity contribution in [2.45, 2.75) is 50.9 Å². The van der Waals surface area contributed by atoms with E-state index in [1.54, 1.807) is 17.9 Å². The van der Waals surface area contributed by atoms with E-state index in [-0.39, 0.29) is 29.3 Å². The Labute approximate surface area is 220 Å². The van der Waals surface area contributed by atoms with Crippen LogP contribution >= 0.6 is 0 Å². The van der Waals surface area contributed by atoms with Crippen LogP contribution in [0.15, 0.2) is 60.5 Å². The molecule has 0 aromatic heterocycles. The molecule has 6 nitrogen and oxygen atoms in total. The zero-order chi connectivity index (χ0) is 27.7. The van der Waals surface area contributed by atoms with Crippen LogP contribution in [-0.4, -0.2) is 61.6 Å². The first-order valence-corrected chi connectivity index (χ1v) is 12.9. The van der Waals surface area contributed by atoms with Gasteiger partial charge in [0.05, 0.1) is 18.8 Å². The Balaban J connectivity index is 1.49. The molecular weight excluding hydrogens is 502 g/mol. The van der Waals surface area contributed by atoms with Gasteiger partial charge in [0, 0.05) is 30.6 Å². The zero-order valence-corrected chi connectivity index (χ0v) is 21.5. The maximum atomic E-state index is 13.3. The van der Waals surface area contributed by atoms with E-state index in [4.69, 9.17) is 4.74 Å². The van der Waals surface area contributed by atoms with Crippen LogP contribution in [0.4, 0.5) is 17.6 Å². The van der Waals surface area contributed by atoms with Crippen LogP contribution in [0.1, 0.15) is 48.5 Å². The van der Waals surface area contributed by atoms with Gasteiger partial charge in [-0.15, -0.1) is 0 Å². The minimum atomic E-state index is -4.49. The summed E-state index contributed by atoms with van der Waals surface area (Å²) >= 11 is 0. The summed E-state index contributed by atoms with van der Waals surface area (Å²) in [5.41, 5.74) is 0.0920. The molecule has 1 heterocycles. The third-order valence-corrected chi connectivity index (χ3v) is 6.73. The second-order valence-electron chi connectivity index (χ2n) is 9.52. The fourth-order valence-electron chi connectivity index (χ4n) is 4.31. The number of benzene rings is 1. The third-order valence-electron chi connectivity index (χ3n) is 6.73. The van der Waals surface area contributed by atoms with Crippen molar-refractivity contribution in [3.05, 3.63) is 71.6 Å². The van der Waals surface area contributed by atoms with Crippen molar-refractivity contribution in [1.82, 2.24) is 15.5 Å². The van der Waals surface area contributed by atoms with E-state index in [1.807, 2.05) is 0 Å². The van der Waals surface area contributed by atoms with Crippen LogP contribution in [0.3, 0.4) is 0 Å². The molecule has 1 aromatic carbocycles. The van der Waals surface area contributed by atoms with E-state index >= 15 is 0 Å². The number of allylic oxidation sites excluding steroid dienone is 4. The predicted molar refractivity (Wildman–Crippen MR) is 137 cm³/mol. The number of carbonyl (C=O) groups is 2. The largest absolute Gasteiger partial charge is 0.416 e. The average molecular weight is 538 g/mol. The second-order valence-corrected chi connectivity index (χ2v) is 9.52. The second kappa shape index (κ2) is 13.7. The molecule has 3 rings (SSSR count). The number of hydrogen-bond donors (Lipinski definition) is 2. The van der Waals surface area contributed by atoms with Crippen molar-refractivity contribution in [2.24, 2.45) is 5.92 Å². The SMILES string of the molecule is C=C(/C=C\C(F)=C/C)[C@H]1C[C@@H]1NCCCC[C@H](NC(=O)c1ccc(C(F)(F)F)cc1)C(=O)N1CCOCC1. The molecule has 2 fully saturated rings. The van der Waals surface area contributed by atoms with Gasteiger partial charge in [-0.1, -0.05) is 24.3 Å². The van der Waals surface area contributed by atoms with Crippen molar-refractivity contribution >= 4 is 11.8 Å². The quantitative estimate of drug-likeness (QED) is 0.228. The Bertz CT molecular complexity index is 1030. The number of nitrogens with zero attached hydrogens (tertiary/aromatic N) is 1. The molecule has 38 heavy (non-hydrogen) atoms. The number of halogens is 4. The first kappa shape index (κ1) is 29.6. The van der Waals surface area contributed by atoms with E-state index in [0.29, 0.717) is 45.7 Å². The van der Waals surface area contributed by atoms with Gasteiger partial charge in [0.2, 0.25) is 5.91 Å². The van der Waals surface area contributed by atoms with Crippen LogP contribution in [0.25, 0.3) is 0 Å². The topological polar surface area (TPSA) is 70.7 Å². The summed E-state index contributed by atoms with van der Waals surface area (Å²) in [6.07, 6.45) is 2.75. The van der Waals surface area contributed by atoms with Crippen molar-refractivity contribution in [1.29, 1.82) is 0 Å². The van der Waals surface area contributed by atoms with E-state index < -0.39 is 23.7 Å². The van der Waals surface area contributed by atoms with E-state index in [1.165, 1.54) is 12.2 Å². The molecule has 1 aliphatic heterocycles. The molecular formula is C28H35F4N3O3. The Hall–Kier alpha value is -2.98. The van der Waals surface area contributed by atoms with Gasteiger partial charge < -0.3 is 20.3 Å². The number of rotatable bonds is 12. The zero-order valence-electron chi connectivity index (χ0n) is 21.5. The maximum absolute atomic E-state index is 13.3. The summed E-state index contributed by atoms with van der Waals surface area (Å²) in [5.74, 6) is -0.845. The number of unbranched alkanes of at least 4 members (excludes halogenated alkanes) is 1. The highest BCUT2D eigenvalue weighted by Gasteiger charge is 2.37. The molecule has 0 radical (unpaired) electrons. The summed E-state index contributed by atoms with van der Waals surface area (Å²) in [4.78, 5) is 27.5. The summed E-state index contributed by atoms with van der Waals surface area (Å²) < 4.78 is 57.1. The van der Waals surface area contributed by atoms with Crippen molar-refractivity contribution in [3.8, 4) is 0 Å². The lowest BCUT2D eigenvalue weighted by molar-refractivity contribution is -0.138. The van der Waals surface area contributed by atoms with Crippen LogP contribution in [0.2, 0.25) is 0 Å². The van der Waals surface area contributed by atoms with Gasteiger partial charge in [-0.2, -0.15) is 13.2 Å². The highest BCUT2D eigenvalue weighted by Crippen LogP contribution is 2.37. The van der Waals surface area contributed by atoms with E-state index in [9.17, 15) is 27.2 Å². The van der Waals surface area contributed by atoms with Crippen LogP contribution < -0.4 is 10.6 Å². The molecule has 0 bridgehead atoms. The normalized spacial score (nSPS) is 20.9. The number of ether oxygens (including phenoxy) is 1. The Morgan fingerprint density at radius 2 is 1.84 bits per heavy atom. The maximum Gasteiger partial charge on any atom is 0.416 e. The summed E-state index contributed by atoms with van der Waals surface area (Å²) in [7, 11) is 0. The van der Waals surface area contributed by atoms with Crippen LogP contribution in [-0.2, 0) is 15.7 Å². The molecule has 1 saturated carbocycles. The summed E-state index contributed by atoms with van der Waals surface area (Å²) in [6, 6.07) is 3.42. The van der Waals surface area contributed by atoms with Gasteiger partial charge in [0.15, 0.2) is 0 Å². The van der Waals surface area contributed by atoms with Gasteiger partial charge >= 0.3 is 6.18 Å². The van der Waals surface area contributed by atoms with Gasteiger partial charge in [0.1, 0.15) is 11.9 Å². The number of amides is 2. The van der Waals surface area contributed by atoms with Crippen molar-refractivity contribution < 1.29 is 31.9 Å². The molecule has 2 N–H and O–H groups in total. The predicted octanol–water partition coefficient (Wildman–Crippen LogP) is 4.80. The van der Waals surface area contributed by atoms with Gasteiger partial charge in [-0.25, -0.2) is 4.39 Å². The number of carbonyl (C=O) groups excluding carboxylic acids is 2. The van der Waals surface area contributed by atoms with Crippen LogP contribution in [0, 0.1) is 5.92 Å². The molecule has 10 heteroatoms. The molecule has 3 atom stereocenters. The van der Waals surface area contributed by atoms with Crippen molar-refractivity contribution in [2.75, 3.05) is 32.8 Å². The minimum absolute atomic E-state index is 0.0582. The Morgan fingerprint density at radius 1 is 1.16 bits per heavy atom. The lowest BCUT2D eigenvalue weighted by Crippen LogP contribution is -2.51. The highest BCUT2D eigenvalue weighted by atomic mass is 19.4. The van der Waals surface area contributed by atoms with Gasteiger partial charge in [0.25, 0.3) is 5.91 Å². The molecule has 2 amide bonds. The van der Waals surface area contributed by atoms with Crippen LogP contribution in [0.5, 0.6) is 0 Å². The fourth-order valence-corrected chi connectivity index (χ4v) is 4.31. The molecule has 208 valence electrons. The molecule has 1 aromatic rings. The lowest BCUT2D eigenvalue weighted by atomic mass is 10.1.